The molecular weight excluding hydrogens is 212 g/mol. The number of carbonyl (C=O) groups excluding carboxylic acids is 1. The summed E-state index contributed by atoms with van der Waals surface area (Å²) in [7, 11) is 1.92. The van der Waals surface area contributed by atoms with E-state index in [4.69, 9.17) is 5.73 Å². The first-order valence-corrected chi connectivity index (χ1v) is 4.69. The van der Waals surface area contributed by atoms with Gasteiger partial charge in [0.1, 0.15) is 6.04 Å². The number of hydrogen-bond donors (Lipinski definition) is 1. The number of nitrogens with two attached hydrogens (primary N) is 1. The lowest BCUT2D eigenvalue weighted by Crippen LogP contribution is -2.40. The molecule has 0 saturated heterocycles. The Balaban J connectivity index is 0.00000112. The highest BCUT2D eigenvalue weighted by Crippen LogP contribution is 2.27. The van der Waals surface area contributed by atoms with Gasteiger partial charge in [0.05, 0.1) is 0 Å². The summed E-state index contributed by atoms with van der Waals surface area (Å²) in [6.45, 7) is 0.873. The van der Waals surface area contributed by atoms with Crippen molar-refractivity contribution >= 4 is 18.3 Å². The summed E-state index contributed by atoms with van der Waals surface area (Å²) in [6.07, 6.45) is 0.965. The van der Waals surface area contributed by atoms with Gasteiger partial charge >= 0.3 is 0 Å². The molecule has 15 heavy (non-hydrogen) atoms. The van der Waals surface area contributed by atoms with E-state index in [1.54, 1.807) is 0 Å². The molecule has 1 aromatic rings. The fourth-order valence-corrected chi connectivity index (χ4v) is 1.96. The van der Waals surface area contributed by atoms with Crippen LogP contribution in [0.1, 0.15) is 17.2 Å². The minimum atomic E-state index is -0.306. The van der Waals surface area contributed by atoms with Crippen LogP contribution in [0.15, 0.2) is 18.2 Å². The molecule has 1 heterocycles. The van der Waals surface area contributed by atoms with Crippen LogP contribution in [0.4, 0.5) is 0 Å². The van der Waals surface area contributed by atoms with Crippen molar-refractivity contribution in [3.8, 4) is 0 Å². The molecule has 1 aromatic carbocycles. The highest BCUT2D eigenvalue weighted by atomic mass is 35.5. The van der Waals surface area contributed by atoms with Crippen LogP contribution >= 0.6 is 12.4 Å². The predicted octanol–water partition coefficient (Wildman–Crippen LogP) is 0.923. The molecule has 0 bridgehead atoms. The zero-order chi connectivity index (χ0) is 10.1. The van der Waals surface area contributed by atoms with Crippen LogP contribution in [-0.4, -0.2) is 24.4 Å². The number of rotatable bonds is 1. The topological polar surface area (TPSA) is 46.3 Å². The molecule has 2 rings (SSSR count). The Morgan fingerprint density at radius 3 is 3.07 bits per heavy atom. The Bertz CT molecular complexity index is 367. The monoisotopic (exact) mass is 225 g/mol. The molecule has 0 saturated carbocycles. The van der Waals surface area contributed by atoms with Crippen LogP contribution in [-0.2, 0) is 11.2 Å². The van der Waals surface area contributed by atoms with E-state index in [0.29, 0.717) is 0 Å². The van der Waals surface area contributed by atoms with E-state index in [0.717, 1.165) is 18.5 Å². The van der Waals surface area contributed by atoms with Crippen molar-refractivity contribution in [3.05, 3.63) is 35.4 Å². The number of hydrogen-bond acceptors (Lipinski definition) is 2. The quantitative estimate of drug-likeness (QED) is 0.773. The second kappa shape index (κ2) is 4.64. The maximum Gasteiger partial charge on any atom is 0.239 e. The van der Waals surface area contributed by atoms with Gasteiger partial charge in [0.25, 0.3) is 0 Å². The lowest BCUT2D eigenvalue weighted by molar-refractivity contribution is -0.123. The molecular formula is C11H14ClN2O. The first-order chi connectivity index (χ1) is 6.70. The van der Waals surface area contributed by atoms with Gasteiger partial charge in [-0.2, -0.15) is 0 Å². The molecule has 1 unspecified atom stereocenters. The van der Waals surface area contributed by atoms with Crippen molar-refractivity contribution in [1.82, 2.24) is 4.90 Å². The van der Waals surface area contributed by atoms with Crippen molar-refractivity contribution in [3.63, 3.8) is 0 Å². The molecule has 0 fully saturated rings. The van der Waals surface area contributed by atoms with Crippen LogP contribution in [0.3, 0.4) is 0 Å². The van der Waals surface area contributed by atoms with Gasteiger partial charge in [-0.1, -0.05) is 18.2 Å². The molecule has 4 heteroatoms. The molecule has 1 aliphatic heterocycles. The van der Waals surface area contributed by atoms with E-state index < -0.39 is 0 Å². The van der Waals surface area contributed by atoms with Crippen LogP contribution in [0.2, 0.25) is 0 Å². The molecule has 0 aromatic heterocycles. The van der Waals surface area contributed by atoms with Gasteiger partial charge in [-0.15, -0.1) is 12.4 Å². The van der Waals surface area contributed by atoms with Crippen molar-refractivity contribution in [1.29, 1.82) is 0 Å². The number of halogens is 1. The lowest BCUT2D eigenvalue weighted by Gasteiger charge is -2.31. The first-order valence-electron chi connectivity index (χ1n) is 4.69. The predicted molar refractivity (Wildman–Crippen MR) is 60.8 cm³/mol. The standard InChI is InChI=1S/C11H13N2O.ClH/c1-13-7-6-8-4-2-3-5-9(8)10(13)11(12)14;/h2-4,10H,6-7H2,1H3,(H2,12,14);1H. The maximum atomic E-state index is 11.3. The zero-order valence-corrected chi connectivity index (χ0v) is 9.38. The van der Waals surface area contributed by atoms with E-state index >= 15 is 0 Å². The summed E-state index contributed by atoms with van der Waals surface area (Å²) in [4.78, 5) is 13.3. The summed E-state index contributed by atoms with van der Waals surface area (Å²) in [5.41, 5.74) is 7.50. The van der Waals surface area contributed by atoms with Crippen LogP contribution < -0.4 is 5.73 Å². The highest BCUT2D eigenvalue weighted by Gasteiger charge is 2.28. The Kier molecular flexibility index (Phi) is 3.72. The van der Waals surface area contributed by atoms with Gasteiger partial charge in [-0.05, 0) is 30.7 Å². The SMILES string of the molecule is CN1CCc2ccc[c]c2C1C(N)=O.Cl. The largest absolute Gasteiger partial charge is 0.368 e. The van der Waals surface area contributed by atoms with Crippen molar-refractivity contribution in [2.75, 3.05) is 13.6 Å². The third-order valence-corrected chi connectivity index (χ3v) is 2.70. The van der Waals surface area contributed by atoms with E-state index in [-0.39, 0.29) is 24.4 Å². The lowest BCUT2D eigenvalue weighted by atomic mass is 9.93. The highest BCUT2D eigenvalue weighted by molar-refractivity contribution is 5.85. The van der Waals surface area contributed by atoms with E-state index in [2.05, 4.69) is 6.07 Å². The molecule has 2 N–H and O–H groups in total. The average Bonchev–Trinajstić information content (AvgIpc) is 2.17. The summed E-state index contributed by atoms with van der Waals surface area (Å²) in [5, 5.41) is 0. The minimum Gasteiger partial charge on any atom is -0.368 e. The van der Waals surface area contributed by atoms with Crippen molar-refractivity contribution in [2.24, 2.45) is 5.73 Å². The molecule has 1 aliphatic rings. The minimum absolute atomic E-state index is 0. The number of primary amides is 1. The molecule has 1 radical (unpaired) electrons. The fraction of sp³-hybridized carbons (Fsp3) is 0.364. The van der Waals surface area contributed by atoms with Gasteiger partial charge in [0, 0.05) is 6.54 Å². The molecule has 1 amide bonds. The maximum absolute atomic E-state index is 11.3. The Labute approximate surface area is 95.7 Å². The van der Waals surface area contributed by atoms with Crippen molar-refractivity contribution in [2.45, 2.75) is 12.5 Å². The Morgan fingerprint density at radius 1 is 1.67 bits per heavy atom. The molecule has 3 nitrogen and oxygen atoms in total. The third-order valence-electron chi connectivity index (χ3n) is 2.70. The van der Waals surface area contributed by atoms with E-state index in [9.17, 15) is 4.79 Å². The van der Waals surface area contributed by atoms with E-state index in [1.807, 2.05) is 30.1 Å². The van der Waals surface area contributed by atoms with Gasteiger partial charge in [-0.25, -0.2) is 0 Å². The van der Waals surface area contributed by atoms with E-state index in [1.165, 1.54) is 5.56 Å². The Hall–Kier alpha value is -1.06. The van der Waals surface area contributed by atoms with Crippen LogP contribution in [0, 0.1) is 6.07 Å². The average molecular weight is 226 g/mol. The molecule has 1 atom stereocenters. The summed E-state index contributed by atoms with van der Waals surface area (Å²) in [6, 6.07) is 8.61. The van der Waals surface area contributed by atoms with Crippen LogP contribution in [0.25, 0.3) is 0 Å². The van der Waals surface area contributed by atoms with Gasteiger partial charge < -0.3 is 5.73 Å². The molecule has 81 valence electrons. The second-order valence-electron chi connectivity index (χ2n) is 3.64. The summed E-state index contributed by atoms with van der Waals surface area (Å²) >= 11 is 0. The third kappa shape index (κ3) is 2.13. The molecule has 0 spiro atoms. The number of likely N-dealkylation sites (N-methyl/N-ethyl adjacent to an activating group) is 1. The smallest absolute Gasteiger partial charge is 0.239 e. The zero-order valence-electron chi connectivity index (χ0n) is 8.56. The molecule has 0 aliphatic carbocycles. The number of amides is 1. The first kappa shape index (κ1) is 12.0. The van der Waals surface area contributed by atoms with Crippen molar-refractivity contribution < 1.29 is 4.79 Å². The Morgan fingerprint density at radius 2 is 2.40 bits per heavy atom. The van der Waals surface area contributed by atoms with Crippen LogP contribution in [0.5, 0.6) is 0 Å². The summed E-state index contributed by atoms with van der Waals surface area (Å²) in [5.74, 6) is -0.295. The summed E-state index contributed by atoms with van der Waals surface area (Å²) < 4.78 is 0. The second-order valence-corrected chi connectivity index (χ2v) is 3.64. The fourth-order valence-electron chi connectivity index (χ4n) is 1.96. The number of nitrogens with zero attached hydrogens (tertiary/aromatic N) is 1. The van der Waals surface area contributed by atoms with Gasteiger partial charge in [0.15, 0.2) is 0 Å². The number of carbonyl (C=O) groups is 1. The number of fused-ring (bicyclic) bond motifs is 1. The van der Waals surface area contributed by atoms with Gasteiger partial charge in [0.2, 0.25) is 5.91 Å². The normalized spacial score (nSPS) is 20.2. The van der Waals surface area contributed by atoms with Gasteiger partial charge in [-0.3, -0.25) is 9.69 Å². The number of benzene rings is 1.